The number of carbonyl (C=O) groups is 1. The van der Waals surface area contributed by atoms with Crippen LogP contribution in [0.4, 0.5) is 11.4 Å². The third kappa shape index (κ3) is 4.32. The lowest BCUT2D eigenvalue weighted by Crippen LogP contribution is -2.28. The lowest BCUT2D eigenvalue weighted by atomic mass is 10.1. The van der Waals surface area contributed by atoms with Gasteiger partial charge in [-0.25, -0.2) is 0 Å². The number of amides is 1. The van der Waals surface area contributed by atoms with E-state index in [1.807, 2.05) is 49.4 Å². The monoisotopic (exact) mass is 390 g/mol. The van der Waals surface area contributed by atoms with Crippen molar-refractivity contribution in [2.24, 2.45) is 0 Å². The van der Waals surface area contributed by atoms with E-state index in [2.05, 4.69) is 21.3 Å². The quantitative estimate of drug-likeness (QED) is 0.597. The maximum atomic E-state index is 12.5. The van der Waals surface area contributed by atoms with Crippen LogP contribution in [0.1, 0.15) is 16.1 Å². The highest BCUT2D eigenvalue weighted by Crippen LogP contribution is 2.21. The minimum Gasteiger partial charge on any atom is -0.365 e. The summed E-state index contributed by atoms with van der Waals surface area (Å²) >= 11 is 10.9. The number of halogens is 2. The Hall–Kier alpha value is -2.17. The van der Waals surface area contributed by atoms with Gasteiger partial charge in [0.25, 0.3) is 5.91 Å². The van der Waals surface area contributed by atoms with E-state index in [0.717, 1.165) is 41.1 Å². The summed E-state index contributed by atoms with van der Waals surface area (Å²) < 4.78 is 0. The molecule has 0 atom stereocenters. The number of nitrogens with zero attached hydrogens (tertiary/aromatic N) is 1. The van der Waals surface area contributed by atoms with Gasteiger partial charge in [-0.15, -0.1) is 11.6 Å². The topological polar surface area (TPSA) is 48.1 Å². The van der Waals surface area contributed by atoms with Crippen LogP contribution < -0.4 is 10.2 Å². The molecular formula is C20H22Cl2N3O+. The van der Waals surface area contributed by atoms with Gasteiger partial charge >= 0.3 is 0 Å². The normalized spacial score (nSPS) is 10.9. The molecule has 1 heterocycles. The Kier molecular flexibility index (Phi) is 6.07. The van der Waals surface area contributed by atoms with Crippen LogP contribution in [-0.2, 0) is 0 Å². The molecular weight excluding hydrogens is 369 g/mol. The minimum atomic E-state index is -0.129. The van der Waals surface area contributed by atoms with E-state index >= 15 is 0 Å². The first-order chi connectivity index (χ1) is 12.6. The Bertz CT molecular complexity index is 884. The zero-order valence-corrected chi connectivity index (χ0v) is 16.2. The highest BCUT2D eigenvalue weighted by atomic mass is 35.5. The van der Waals surface area contributed by atoms with Gasteiger partial charge in [0.05, 0.1) is 6.54 Å². The molecule has 1 aromatic heterocycles. The van der Waals surface area contributed by atoms with Gasteiger partial charge in [0.15, 0.2) is 5.88 Å². The van der Waals surface area contributed by atoms with E-state index in [1.165, 1.54) is 0 Å². The molecule has 3 aromatic rings. The molecule has 0 spiro atoms. The summed E-state index contributed by atoms with van der Waals surface area (Å²) in [4.78, 5) is 17.9. The fourth-order valence-electron chi connectivity index (χ4n) is 2.96. The van der Waals surface area contributed by atoms with E-state index in [9.17, 15) is 4.79 Å². The predicted octanol–water partition coefficient (Wildman–Crippen LogP) is 4.06. The number of hydrogen-bond donors (Lipinski definition) is 2. The third-order valence-electron chi connectivity index (χ3n) is 4.22. The number of aryl methyl sites for hydroxylation is 1. The smallest absolute Gasteiger partial charge is 0.255 e. The first kappa shape index (κ1) is 18.6. The highest BCUT2D eigenvalue weighted by Gasteiger charge is 2.10. The van der Waals surface area contributed by atoms with E-state index in [0.29, 0.717) is 17.3 Å². The van der Waals surface area contributed by atoms with Gasteiger partial charge < -0.3 is 15.2 Å². The van der Waals surface area contributed by atoms with Crippen LogP contribution in [0, 0.1) is 18.5 Å². The SMILES string of the molecule is Cc1cc2cc(NC(=O)c3ccc(N(CCCl)CC[ClH+])cc3)ccc2[nH]1. The van der Waals surface area contributed by atoms with Gasteiger partial charge in [0, 0.05) is 46.0 Å². The zero-order valence-electron chi connectivity index (χ0n) is 14.6. The van der Waals surface area contributed by atoms with Gasteiger partial charge in [-0.3, -0.25) is 4.79 Å². The summed E-state index contributed by atoms with van der Waals surface area (Å²) in [6, 6.07) is 15.4. The number of anilines is 2. The van der Waals surface area contributed by atoms with Crippen LogP contribution in [0.15, 0.2) is 48.5 Å². The molecule has 4 nitrogen and oxygen atoms in total. The van der Waals surface area contributed by atoms with Crippen LogP contribution in [0.5, 0.6) is 0 Å². The van der Waals surface area contributed by atoms with Crippen molar-refractivity contribution in [2.75, 3.05) is 35.1 Å². The summed E-state index contributed by atoms with van der Waals surface area (Å²) in [5.74, 6) is 1.05. The number of fused-ring (bicyclic) bond motifs is 1. The Labute approximate surface area is 163 Å². The van der Waals surface area contributed by atoms with Gasteiger partial charge in [-0.2, -0.15) is 0 Å². The Morgan fingerprint density at radius 3 is 2.62 bits per heavy atom. The second kappa shape index (κ2) is 8.47. The maximum absolute atomic E-state index is 12.5. The van der Waals surface area contributed by atoms with Crippen LogP contribution in [0.2, 0.25) is 0 Å². The van der Waals surface area contributed by atoms with Crippen LogP contribution in [0.25, 0.3) is 10.9 Å². The van der Waals surface area contributed by atoms with Crippen LogP contribution >= 0.6 is 11.6 Å². The van der Waals surface area contributed by atoms with Gasteiger partial charge in [0.1, 0.15) is 11.6 Å². The molecule has 2 N–H and O–H groups in total. The number of aromatic nitrogens is 1. The first-order valence-corrected chi connectivity index (χ1v) is 9.61. The third-order valence-corrected chi connectivity index (χ3v) is 4.58. The summed E-state index contributed by atoms with van der Waals surface area (Å²) in [7, 11) is 0. The number of hydrogen-bond acceptors (Lipinski definition) is 2. The van der Waals surface area contributed by atoms with Crippen molar-refractivity contribution < 1.29 is 16.4 Å². The van der Waals surface area contributed by atoms with Crippen molar-refractivity contribution in [1.82, 2.24) is 4.98 Å². The molecule has 0 unspecified atom stereocenters. The standard InChI is InChI=1S/C20H21Cl2N3O/c1-14-12-16-13-17(4-7-19(16)23-14)24-20(26)15-2-5-18(6-3-15)25(10-8-21)11-9-22/h2-7,12-13,21,23H,8-11H2,1H3/p+1. The Morgan fingerprint density at radius 1 is 1.15 bits per heavy atom. The second-order valence-corrected chi connectivity index (χ2v) is 6.92. The fourth-order valence-corrected chi connectivity index (χ4v) is 3.39. The van der Waals surface area contributed by atoms with Crippen LogP contribution in [0.3, 0.4) is 0 Å². The average Bonchev–Trinajstić information content (AvgIpc) is 3.01. The molecule has 0 fully saturated rings. The number of nitrogens with one attached hydrogen (secondary N) is 2. The minimum absolute atomic E-state index is 0.129. The van der Waals surface area contributed by atoms with Crippen molar-refractivity contribution in [3.63, 3.8) is 0 Å². The van der Waals surface area contributed by atoms with E-state index in [1.54, 1.807) is 0 Å². The molecule has 0 bridgehead atoms. The van der Waals surface area contributed by atoms with E-state index in [4.69, 9.17) is 23.2 Å². The molecule has 2 aromatic carbocycles. The molecule has 6 heteroatoms. The lowest BCUT2D eigenvalue weighted by molar-refractivity contribution is -0.363. The highest BCUT2D eigenvalue weighted by molar-refractivity contribution is 6.18. The molecule has 0 radical (unpaired) electrons. The number of carbonyl (C=O) groups excluding carboxylic acids is 1. The Morgan fingerprint density at radius 2 is 1.92 bits per heavy atom. The molecule has 0 aliphatic carbocycles. The van der Waals surface area contributed by atoms with Gasteiger partial charge in [0.2, 0.25) is 0 Å². The van der Waals surface area contributed by atoms with E-state index in [-0.39, 0.29) is 5.91 Å². The number of aromatic amines is 1. The van der Waals surface area contributed by atoms with Gasteiger partial charge in [-0.05, 0) is 55.5 Å². The summed E-state index contributed by atoms with van der Waals surface area (Å²) in [5.41, 5.74) is 4.57. The molecule has 0 saturated carbocycles. The summed E-state index contributed by atoms with van der Waals surface area (Å²) in [6.07, 6.45) is 0. The maximum Gasteiger partial charge on any atom is 0.255 e. The number of H-pyrrole nitrogens is 1. The average molecular weight is 391 g/mol. The summed E-state index contributed by atoms with van der Waals surface area (Å²) in [5, 5.41) is 4.03. The Balaban J connectivity index is 1.72. The molecule has 136 valence electrons. The molecule has 0 saturated heterocycles. The molecule has 1 amide bonds. The largest absolute Gasteiger partial charge is 0.365 e. The molecule has 26 heavy (non-hydrogen) atoms. The predicted molar refractivity (Wildman–Crippen MR) is 107 cm³/mol. The van der Waals surface area contributed by atoms with Crippen molar-refractivity contribution >= 4 is 39.8 Å². The van der Waals surface area contributed by atoms with Crippen LogP contribution in [-0.4, -0.2) is 35.7 Å². The molecule has 3 rings (SSSR count). The zero-order chi connectivity index (χ0) is 18.5. The van der Waals surface area contributed by atoms with E-state index < -0.39 is 0 Å². The lowest BCUT2D eigenvalue weighted by Gasteiger charge is -2.21. The van der Waals surface area contributed by atoms with Crippen molar-refractivity contribution in [1.29, 1.82) is 0 Å². The number of alkyl halides is 2. The molecule has 0 aliphatic rings. The van der Waals surface area contributed by atoms with Crippen molar-refractivity contribution in [3.05, 3.63) is 59.8 Å². The first-order valence-electron chi connectivity index (χ1n) is 8.50. The second-order valence-electron chi connectivity index (χ2n) is 6.14. The fraction of sp³-hybridized carbons (Fsp3) is 0.250. The molecule has 0 aliphatic heterocycles. The van der Waals surface area contributed by atoms with Crippen molar-refractivity contribution in [3.8, 4) is 0 Å². The van der Waals surface area contributed by atoms with Crippen molar-refractivity contribution in [2.45, 2.75) is 6.92 Å². The number of benzene rings is 2. The summed E-state index contributed by atoms with van der Waals surface area (Å²) in [6.45, 7) is 3.52. The number of rotatable bonds is 7. The van der Waals surface area contributed by atoms with Gasteiger partial charge in [-0.1, -0.05) is 0 Å².